The molecule has 1 atom stereocenters. The van der Waals surface area contributed by atoms with Crippen molar-refractivity contribution in [1.82, 2.24) is 10.4 Å². The highest BCUT2D eigenvalue weighted by molar-refractivity contribution is 5.36. The minimum Gasteiger partial charge on any atom is -0.271 e. The molecule has 3 heteroatoms. The normalized spacial score (nSPS) is 15.1. The van der Waals surface area contributed by atoms with Gasteiger partial charge in [0.2, 0.25) is 0 Å². The van der Waals surface area contributed by atoms with E-state index in [0.717, 1.165) is 12.1 Å². The number of hydrogen-bond acceptors (Lipinski definition) is 3. The molecule has 3 N–H and O–H groups in total. The second-order valence-electron chi connectivity index (χ2n) is 5.59. The smallest absolute Gasteiger partial charge is 0.0675 e. The van der Waals surface area contributed by atoms with Gasteiger partial charge < -0.3 is 0 Å². The summed E-state index contributed by atoms with van der Waals surface area (Å²) >= 11 is 0. The van der Waals surface area contributed by atoms with E-state index in [4.69, 9.17) is 5.84 Å². The summed E-state index contributed by atoms with van der Waals surface area (Å²) in [6.45, 7) is 2.08. The van der Waals surface area contributed by atoms with Gasteiger partial charge in [0.15, 0.2) is 0 Å². The number of rotatable bonds is 4. The number of nitrogens with two attached hydrogens (primary N) is 1. The molecular weight excluding hydrogens is 246 g/mol. The zero-order valence-corrected chi connectivity index (χ0v) is 11.9. The molecule has 2 aromatic rings. The first-order valence-corrected chi connectivity index (χ1v) is 7.26. The Labute approximate surface area is 120 Å². The van der Waals surface area contributed by atoms with E-state index in [1.165, 1.54) is 41.5 Å². The highest BCUT2D eigenvalue weighted by atomic mass is 15.2. The maximum Gasteiger partial charge on any atom is 0.0675 e. The summed E-state index contributed by atoms with van der Waals surface area (Å²) in [7, 11) is 0. The van der Waals surface area contributed by atoms with Gasteiger partial charge in [0.1, 0.15) is 0 Å². The average molecular weight is 267 g/mol. The van der Waals surface area contributed by atoms with Crippen molar-refractivity contribution in [2.45, 2.75) is 38.6 Å². The fraction of sp³-hybridized carbons (Fsp3) is 0.353. The number of hydrazine groups is 1. The van der Waals surface area contributed by atoms with Gasteiger partial charge in [-0.15, -0.1) is 0 Å². The molecule has 0 aliphatic heterocycles. The van der Waals surface area contributed by atoms with Crippen LogP contribution in [-0.4, -0.2) is 4.98 Å². The van der Waals surface area contributed by atoms with Crippen LogP contribution >= 0.6 is 0 Å². The number of hydrogen-bond donors (Lipinski definition) is 2. The minimum atomic E-state index is 0.0654. The molecule has 0 radical (unpaired) electrons. The highest BCUT2D eigenvalue weighted by Gasteiger charge is 2.16. The average Bonchev–Trinajstić information content (AvgIpc) is 2.93. The van der Waals surface area contributed by atoms with Crippen molar-refractivity contribution >= 4 is 0 Å². The Morgan fingerprint density at radius 2 is 2.10 bits per heavy atom. The molecule has 3 nitrogen and oxygen atoms in total. The molecule has 0 amide bonds. The Kier molecular flexibility index (Phi) is 3.81. The van der Waals surface area contributed by atoms with Gasteiger partial charge in [-0.05, 0) is 60.9 Å². The van der Waals surface area contributed by atoms with Crippen LogP contribution in [0.3, 0.4) is 0 Å². The quantitative estimate of drug-likeness (QED) is 0.661. The summed E-state index contributed by atoms with van der Waals surface area (Å²) in [4.78, 5) is 4.48. The van der Waals surface area contributed by atoms with Gasteiger partial charge in [0, 0.05) is 6.20 Å². The van der Waals surface area contributed by atoms with Crippen molar-refractivity contribution in [1.29, 1.82) is 0 Å². The Balaban J connectivity index is 1.83. The van der Waals surface area contributed by atoms with Gasteiger partial charge >= 0.3 is 0 Å². The predicted octanol–water partition coefficient (Wildman–Crippen LogP) is 2.63. The molecule has 1 unspecified atom stereocenters. The standard InChI is InChI=1S/C17H21N3/c1-12-4-3-9-19-17(12)16(20-18)11-13-7-8-14-5-2-6-15(14)10-13/h3-4,7-10,16,20H,2,5-6,11,18H2,1H3. The monoisotopic (exact) mass is 267 g/mol. The van der Waals surface area contributed by atoms with Crippen LogP contribution in [0.1, 0.15) is 40.4 Å². The number of nitrogens with zero attached hydrogens (tertiary/aromatic N) is 1. The van der Waals surface area contributed by atoms with Gasteiger partial charge in [-0.1, -0.05) is 24.3 Å². The van der Waals surface area contributed by atoms with Crippen LogP contribution in [0.2, 0.25) is 0 Å². The van der Waals surface area contributed by atoms with Gasteiger partial charge in [-0.2, -0.15) is 0 Å². The molecule has 3 rings (SSSR count). The zero-order chi connectivity index (χ0) is 13.9. The first-order chi connectivity index (χ1) is 9.78. The minimum absolute atomic E-state index is 0.0654. The Morgan fingerprint density at radius 3 is 2.90 bits per heavy atom. The summed E-state index contributed by atoms with van der Waals surface area (Å²) in [5.74, 6) is 5.74. The Morgan fingerprint density at radius 1 is 1.25 bits per heavy atom. The molecule has 1 aliphatic rings. The number of fused-ring (bicyclic) bond motifs is 1. The molecule has 104 valence electrons. The number of aryl methyl sites for hydroxylation is 3. The largest absolute Gasteiger partial charge is 0.271 e. The number of aromatic nitrogens is 1. The maximum absolute atomic E-state index is 5.74. The second kappa shape index (κ2) is 5.73. The van der Waals surface area contributed by atoms with Crippen molar-refractivity contribution in [2.24, 2.45) is 5.84 Å². The predicted molar refractivity (Wildman–Crippen MR) is 81.2 cm³/mol. The first kappa shape index (κ1) is 13.3. The van der Waals surface area contributed by atoms with Gasteiger partial charge in [0.05, 0.1) is 11.7 Å². The SMILES string of the molecule is Cc1cccnc1C(Cc1ccc2c(c1)CCC2)NN. The Bertz CT molecular complexity index is 607. The number of nitrogens with one attached hydrogen (secondary N) is 1. The van der Waals surface area contributed by atoms with Crippen LogP contribution in [0, 0.1) is 6.92 Å². The van der Waals surface area contributed by atoms with Crippen LogP contribution < -0.4 is 11.3 Å². The van der Waals surface area contributed by atoms with Gasteiger partial charge in [-0.25, -0.2) is 0 Å². The molecule has 0 spiro atoms. The van der Waals surface area contributed by atoms with Crippen LogP contribution in [0.25, 0.3) is 0 Å². The number of pyridine rings is 1. The third-order valence-corrected chi connectivity index (χ3v) is 4.18. The van der Waals surface area contributed by atoms with E-state index >= 15 is 0 Å². The third-order valence-electron chi connectivity index (χ3n) is 4.18. The van der Waals surface area contributed by atoms with Crippen molar-refractivity contribution in [3.05, 3.63) is 64.5 Å². The molecule has 0 fully saturated rings. The summed E-state index contributed by atoms with van der Waals surface area (Å²) in [5, 5.41) is 0. The van der Waals surface area contributed by atoms with Crippen LogP contribution in [0.5, 0.6) is 0 Å². The lowest BCUT2D eigenvalue weighted by atomic mass is 9.98. The second-order valence-corrected chi connectivity index (χ2v) is 5.59. The lowest BCUT2D eigenvalue weighted by molar-refractivity contribution is 0.535. The molecule has 1 heterocycles. The molecule has 1 aromatic heterocycles. The Hall–Kier alpha value is -1.71. The third kappa shape index (κ3) is 2.60. The van der Waals surface area contributed by atoms with E-state index in [2.05, 4.69) is 41.6 Å². The molecule has 0 saturated carbocycles. The lowest BCUT2D eigenvalue weighted by Crippen LogP contribution is -2.30. The molecule has 1 aliphatic carbocycles. The summed E-state index contributed by atoms with van der Waals surface area (Å²) in [6.07, 6.45) is 6.44. The van der Waals surface area contributed by atoms with Crippen LogP contribution in [-0.2, 0) is 19.3 Å². The van der Waals surface area contributed by atoms with Crippen LogP contribution in [0.4, 0.5) is 0 Å². The zero-order valence-electron chi connectivity index (χ0n) is 11.9. The molecule has 0 saturated heterocycles. The van der Waals surface area contributed by atoms with E-state index < -0.39 is 0 Å². The summed E-state index contributed by atoms with van der Waals surface area (Å²) in [5.41, 5.74) is 9.48. The highest BCUT2D eigenvalue weighted by Crippen LogP contribution is 2.25. The van der Waals surface area contributed by atoms with Crippen molar-refractivity contribution in [3.8, 4) is 0 Å². The van der Waals surface area contributed by atoms with Crippen molar-refractivity contribution < 1.29 is 0 Å². The van der Waals surface area contributed by atoms with Crippen molar-refractivity contribution in [2.75, 3.05) is 0 Å². The van der Waals surface area contributed by atoms with E-state index in [9.17, 15) is 0 Å². The fourth-order valence-corrected chi connectivity index (χ4v) is 3.09. The molecule has 1 aromatic carbocycles. The van der Waals surface area contributed by atoms with Gasteiger partial charge in [0.25, 0.3) is 0 Å². The molecular formula is C17H21N3. The maximum atomic E-state index is 5.74. The first-order valence-electron chi connectivity index (χ1n) is 7.26. The van der Waals surface area contributed by atoms with Crippen molar-refractivity contribution in [3.63, 3.8) is 0 Å². The summed E-state index contributed by atoms with van der Waals surface area (Å²) < 4.78 is 0. The number of benzene rings is 1. The van der Waals surface area contributed by atoms with E-state index in [1.54, 1.807) is 0 Å². The lowest BCUT2D eigenvalue weighted by Gasteiger charge is -2.18. The van der Waals surface area contributed by atoms with E-state index in [-0.39, 0.29) is 6.04 Å². The van der Waals surface area contributed by atoms with Crippen LogP contribution in [0.15, 0.2) is 36.5 Å². The molecule has 0 bridgehead atoms. The molecule has 20 heavy (non-hydrogen) atoms. The summed E-state index contributed by atoms with van der Waals surface area (Å²) in [6, 6.07) is 10.9. The topological polar surface area (TPSA) is 50.9 Å². The van der Waals surface area contributed by atoms with E-state index in [1.807, 2.05) is 12.3 Å². The fourth-order valence-electron chi connectivity index (χ4n) is 3.09. The van der Waals surface area contributed by atoms with E-state index in [0.29, 0.717) is 0 Å². The van der Waals surface area contributed by atoms with Gasteiger partial charge in [-0.3, -0.25) is 16.3 Å².